The SMILES string of the molecule is COc1cc2ncnc(NNC(=S)NC(=O)c3cccc(Cl)c3)c2cc1OC. The number of nitrogens with zero attached hydrogens (tertiary/aromatic N) is 2. The zero-order valence-corrected chi connectivity index (χ0v) is 16.5. The molecule has 8 nitrogen and oxygen atoms in total. The van der Waals surface area contributed by atoms with Crippen LogP contribution >= 0.6 is 23.8 Å². The van der Waals surface area contributed by atoms with Gasteiger partial charge in [0.2, 0.25) is 0 Å². The summed E-state index contributed by atoms with van der Waals surface area (Å²) in [6.45, 7) is 0. The van der Waals surface area contributed by atoms with E-state index < -0.39 is 0 Å². The molecule has 0 aliphatic heterocycles. The number of carbonyl (C=O) groups excluding carboxylic acids is 1. The molecule has 2 aromatic carbocycles. The first-order valence-electron chi connectivity index (χ1n) is 8.01. The molecule has 0 fully saturated rings. The van der Waals surface area contributed by atoms with Crippen LogP contribution in [0.25, 0.3) is 10.9 Å². The second kappa shape index (κ2) is 8.68. The smallest absolute Gasteiger partial charge is 0.257 e. The van der Waals surface area contributed by atoms with Gasteiger partial charge in [0.05, 0.1) is 19.7 Å². The number of aromatic nitrogens is 2. The summed E-state index contributed by atoms with van der Waals surface area (Å²) in [6.07, 6.45) is 1.39. The lowest BCUT2D eigenvalue weighted by atomic mass is 10.2. The molecule has 144 valence electrons. The summed E-state index contributed by atoms with van der Waals surface area (Å²) in [7, 11) is 3.09. The summed E-state index contributed by atoms with van der Waals surface area (Å²) >= 11 is 11.0. The zero-order valence-electron chi connectivity index (χ0n) is 14.9. The highest BCUT2D eigenvalue weighted by atomic mass is 35.5. The topological polar surface area (TPSA) is 97.4 Å². The number of amides is 1. The summed E-state index contributed by atoms with van der Waals surface area (Å²) in [5.74, 6) is 1.15. The molecule has 0 unspecified atom stereocenters. The van der Waals surface area contributed by atoms with Gasteiger partial charge in [-0.05, 0) is 36.5 Å². The molecule has 0 bridgehead atoms. The molecule has 1 aromatic heterocycles. The average Bonchev–Trinajstić information content (AvgIpc) is 2.71. The van der Waals surface area contributed by atoms with E-state index in [4.69, 9.17) is 33.3 Å². The third-order valence-electron chi connectivity index (χ3n) is 3.75. The monoisotopic (exact) mass is 417 g/mol. The normalized spacial score (nSPS) is 10.2. The summed E-state index contributed by atoms with van der Waals surface area (Å²) in [6, 6.07) is 10.0. The van der Waals surface area contributed by atoms with Crippen LogP contribution in [0, 0.1) is 0 Å². The number of carbonyl (C=O) groups is 1. The number of thiocarbonyl (C=S) groups is 1. The number of ether oxygens (including phenoxy) is 2. The second-order valence-electron chi connectivity index (χ2n) is 5.49. The number of hydrogen-bond acceptors (Lipinski definition) is 7. The highest BCUT2D eigenvalue weighted by Crippen LogP contribution is 2.33. The minimum absolute atomic E-state index is 0.0669. The van der Waals surface area contributed by atoms with Crippen molar-refractivity contribution < 1.29 is 14.3 Å². The van der Waals surface area contributed by atoms with E-state index >= 15 is 0 Å². The van der Waals surface area contributed by atoms with Gasteiger partial charge in [-0.1, -0.05) is 17.7 Å². The summed E-state index contributed by atoms with van der Waals surface area (Å²) < 4.78 is 10.6. The van der Waals surface area contributed by atoms with E-state index in [1.165, 1.54) is 6.33 Å². The van der Waals surface area contributed by atoms with Gasteiger partial charge < -0.3 is 9.47 Å². The number of anilines is 1. The van der Waals surface area contributed by atoms with E-state index in [0.29, 0.717) is 38.8 Å². The van der Waals surface area contributed by atoms with Gasteiger partial charge in [0.1, 0.15) is 6.33 Å². The molecule has 3 N–H and O–H groups in total. The lowest BCUT2D eigenvalue weighted by Crippen LogP contribution is -2.42. The Bertz CT molecular complexity index is 1050. The van der Waals surface area contributed by atoms with Crippen LogP contribution in [-0.2, 0) is 0 Å². The molecular weight excluding hydrogens is 402 g/mol. The number of halogens is 1. The molecular formula is C18H16ClN5O3S. The molecule has 1 amide bonds. The Morgan fingerprint density at radius 3 is 2.57 bits per heavy atom. The maximum Gasteiger partial charge on any atom is 0.257 e. The minimum Gasteiger partial charge on any atom is -0.493 e. The van der Waals surface area contributed by atoms with Crippen molar-refractivity contribution in [3.63, 3.8) is 0 Å². The molecule has 3 aromatic rings. The highest BCUT2D eigenvalue weighted by molar-refractivity contribution is 7.80. The van der Waals surface area contributed by atoms with Crippen molar-refractivity contribution in [3.8, 4) is 11.5 Å². The molecule has 0 saturated carbocycles. The van der Waals surface area contributed by atoms with E-state index in [9.17, 15) is 4.79 Å². The van der Waals surface area contributed by atoms with Crippen molar-refractivity contribution in [1.82, 2.24) is 20.7 Å². The predicted octanol–water partition coefficient (Wildman–Crippen LogP) is 2.93. The Kier molecular flexibility index (Phi) is 6.07. The minimum atomic E-state index is -0.388. The van der Waals surface area contributed by atoms with Crippen molar-refractivity contribution in [2.24, 2.45) is 0 Å². The van der Waals surface area contributed by atoms with Crippen LogP contribution in [0.2, 0.25) is 5.02 Å². The summed E-state index contributed by atoms with van der Waals surface area (Å²) in [4.78, 5) is 20.6. The molecule has 0 radical (unpaired) electrons. The number of hydrazine groups is 1. The largest absolute Gasteiger partial charge is 0.493 e. The van der Waals surface area contributed by atoms with E-state index in [2.05, 4.69) is 26.1 Å². The lowest BCUT2D eigenvalue weighted by molar-refractivity contribution is 0.0977. The van der Waals surface area contributed by atoms with E-state index in [1.54, 1.807) is 50.6 Å². The first-order chi connectivity index (χ1) is 13.5. The van der Waals surface area contributed by atoms with E-state index in [0.717, 1.165) is 0 Å². The van der Waals surface area contributed by atoms with Crippen LogP contribution in [0.4, 0.5) is 5.82 Å². The highest BCUT2D eigenvalue weighted by Gasteiger charge is 2.12. The third-order valence-corrected chi connectivity index (χ3v) is 4.19. The van der Waals surface area contributed by atoms with Gasteiger partial charge in [-0.3, -0.25) is 21.0 Å². The summed E-state index contributed by atoms with van der Waals surface area (Å²) in [5, 5.41) is 3.76. The van der Waals surface area contributed by atoms with Crippen molar-refractivity contribution in [1.29, 1.82) is 0 Å². The summed E-state index contributed by atoms with van der Waals surface area (Å²) in [5.41, 5.74) is 6.63. The van der Waals surface area contributed by atoms with Gasteiger partial charge in [0.15, 0.2) is 22.4 Å². The Morgan fingerprint density at radius 2 is 1.86 bits per heavy atom. The standard InChI is InChI=1S/C18H16ClN5O3S/c1-26-14-7-12-13(8-15(14)27-2)20-9-21-16(12)23-24-18(28)22-17(25)10-4-3-5-11(19)6-10/h3-9H,1-2H3,(H,20,21,23)(H2,22,24,25,28). The number of methoxy groups -OCH3 is 2. The number of fused-ring (bicyclic) bond motifs is 1. The number of rotatable bonds is 5. The van der Waals surface area contributed by atoms with Crippen molar-refractivity contribution in [2.75, 3.05) is 19.6 Å². The molecule has 28 heavy (non-hydrogen) atoms. The van der Waals surface area contributed by atoms with Crippen molar-refractivity contribution in [3.05, 3.63) is 53.3 Å². The fraction of sp³-hybridized carbons (Fsp3) is 0.111. The van der Waals surface area contributed by atoms with Gasteiger partial charge in [-0.25, -0.2) is 9.97 Å². The van der Waals surface area contributed by atoms with Crippen molar-refractivity contribution in [2.45, 2.75) is 0 Å². The van der Waals surface area contributed by atoms with Crippen LogP contribution < -0.4 is 25.6 Å². The molecule has 0 aliphatic carbocycles. The quantitative estimate of drug-likeness (QED) is 0.430. The van der Waals surface area contributed by atoms with Crippen LogP contribution in [0.3, 0.4) is 0 Å². The molecule has 0 saturated heterocycles. The molecule has 0 aliphatic rings. The number of hydrogen-bond donors (Lipinski definition) is 3. The van der Waals surface area contributed by atoms with Gasteiger partial charge in [-0.2, -0.15) is 0 Å². The first-order valence-corrected chi connectivity index (χ1v) is 8.80. The van der Waals surface area contributed by atoms with Gasteiger partial charge in [-0.15, -0.1) is 0 Å². The van der Waals surface area contributed by atoms with Crippen molar-refractivity contribution >= 4 is 51.6 Å². The first kappa shape index (κ1) is 19.6. The van der Waals surface area contributed by atoms with Crippen LogP contribution in [-0.4, -0.2) is 35.2 Å². The van der Waals surface area contributed by atoms with Crippen LogP contribution in [0.1, 0.15) is 10.4 Å². The Balaban J connectivity index is 1.72. The Labute approximate surface area is 171 Å². The Morgan fingerprint density at radius 1 is 1.11 bits per heavy atom. The molecule has 10 heteroatoms. The zero-order chi connectivity index (χ0) is 20.1. The fourth-order valence-corrected chi connectivity index (χ4v) is 2.77. The molecule has 0 spiro atoms. The number of benzene rings is 2. The molecule has 0 atom stereocenters. The van der Waals surface area contributed by atoms with E-state index in [1.807, 2.05) is 0 Å². The average molecular weight is 418 g/mol. The predicted molar refractivity (Wildman–Crippen MR) is 111 cm³/mol. The molecule has 3 rings (SSSR count). The maximum absolute atomic E-state index is 12.2. The van der Waals surface area contributed by atoms with E-state index in [-0.39, 0.29) is 11.0 Å². The maximum atomic E-state index is 12.2. The van der Waals surface area contributed by atoms with Gasteiger partial charge in [0.25, 0.3) is 5.91 Å². The fourth-order valence-electron chi connectivity index (χ4n) is 2.43. The van der Waals surface area contributed by atoms with Crippen LogP contribution in [0.5, 0.6) is 11.5 Å². The van der Waals surface area contributed by atoms with Crippen LogP contribution in [0.15, 0.2) is 42.7 Å². The van der Waals surface area contributed by atoms with Gasteiger partial charge >= 0.3 is 0 Å². The van der Waals surface area contributed by atoms with Gasteiger partial charge in [0, 0.05) is 22.0 Å². The Hall–Kier alpha value is -3.17. The number of nitrogens with one attached hydrogen (secondary N) is 3. The lowest BCUT2D eigenvalue weighted by Gasteiger charge is -2.14. The molecule has 1 heterocycles. The second-order valence-corrected chi connectivity index (χ2v) is 6.33. The third kappa shape index (κ3) is 4.38.